The van der Waals surface area contributed by atoms with Crippen LogP contribution in [0.3, 0.4) is 0 Å². The molecule has 0 aliphatic carbocycles. The van der Waals surface area contributed by atoms with Crippen molar-refractivity contribution in [3.05, 3.63) is 53.6 Å². The topological polar surface area (TPSA) is 35.0 Å². The van der Waals surface area contributed by atoms with Gasteiger partial charge in [-0.25, -0.2) is 9.97 Å². The van der Waals surface area contributed by atoms with Crippen molar-refractivity contribution in [2.75, 3.05) is 5.88 Å². The van der Waals surface area contributed by atoms with Gasteiger partial charge < -0.3 is 4.74 Å². The lowest BCUT2D eigenvalue weighted by Gasteiger charge is -2.08. The standard InChI is InChI=1S/C15H13ClN2O/c1-12-10-13(4-2-7-16)5-6-14(12)19-11-15-17-8-3-9-18-15/h3,5-6,8-10H,7,11H2,1H3. The van der Waals surface area contributed by atoms with E-state index in [-0.39, 0.29) is 0 Å². The monoisotopic (exact) mass is 272 g/mol. The molecule has 0 radical (unpaired) electrons. The number of aryl methyl sites for hydroxylation is 1. The number of nitrogens with zero attached hydrogens (tertiary/aromatic N) is 2. The van der Waals surface area contributed by atoms with E-state index in [0.29, 0.717) is 18.3 Å². The van der Waals surface area contributed by atoms with Crippen LogP contribution in [0.2, 0.25) is 0 Å². The second kappa shape index (κ2) is 6.77. The van der Waals surface area contributed by atoms with Gasteiger partial charge in [-0.3, -0.25) is 0 Å². The molecule has 0 aliphatic heterocycles. The Morgan fingerprint density at radius 1 is 1.26 bits per heavy atom. The second-order valence-electron chi connectivity index (χ2n) is 3.87. The van der Waals surface area contributed by atoms with Gasteiger partial charge in [-0.1, -0.05) is 11.8 Å². The Hall–Kier alpha value is -2.05. The molecular weight excluding hydrogens is 260 g/mol. The molecule has 0 saturated carbocycles. The molecule has 0 atom stereocenters. The molecule has 0 amide bonds. The summed E-state index contributed by atoms with van der Waals surface area (Å²) in [4.78, 5) is 8.22. The van der Waals surface area contributed by atoms with Crippen LogP contribution in [0.5, 0.6) is 5.75 Å². The van der Waals surface area contributed by atoms with Crippen LogP contribution in [0.1, 0.15) is 17.0 Å². The van der Waals surface area contributed by atoms with Crippen LogP contribution in [0.15, 0.2) is 36.7 Å². The summed E-state index contributed by atoms with van der Waals surface area (Å²) < 4.78 is 5.68. The summed E-state index contributed by atoms with van der Waals surface area (Å²) in [5.41, 5.74) is 1.96. The third-order valence-corrected chi connectivity index (χ3v) is 2.58. The molecular formula is C15H13ClN2O. The van der Waals surface area contributed by atoms with Crippen molar-refractivity contribution in [2.45, 2.75) is 13.5 Å². The van der Waals surface area contributed by atoms with Crippen LogP contribution >= 0.6 is 11.6 Å². The van der Waals surface area contributed by atoms with Gasteiger partial charge in [0.25, 0.3) is 0 Å². The summed E-state index contributed by atoms with van der Waals surface area (Å²) in [5, 5.41) is 0. The molecule has 0 saturated heterocycles. The molecule has 0 aliphatic rings. The number of hydrogen-bond donors (Lipinski definition) is 0. The fourth-order valence-electron chi connectivity index (χ4n) is 1.57. The van der Waals surface area contributed by atoms with Gasteiger partial charge >= 0.3 is 0 Å². The van der Waals surface area contributed by atoms with Gasteiger partial charge in [-0.15, -0.1) is 11.6 Å². The molecule has 96 valence electrons. The highest BCUT2D eigenvalue weighted by atomic mass is 35.5. The maximum absolute atomic E-state index is 5.68. The minimum Gasteiger partial charge on any atom is -0.485 e. The summed E-state index contributed by atoms with van der Waals surface area (Å²) in [6.07, 6.45) is 3.40. The van der Waals surface area contributed by atoms with Gasteiger partial charge in [-0.2, -0.15) is 0 Å². The quantitative estimate of drug-likeness (QED) is 0.636. The molecule has 2 rings (SSSR count). The van der Waals surface area contributed by atoms with Gasteiger partial charge in [0, 0.05) is 18.0 Å². The number of benzene rings is 1. The Labute approximate surface area is 117 Å². The molecule has 0 bridgehead atoms. The van der Waals surface area contributed by atoms with Crippen molar-refractivity contribution < 1.29 is 4.74 Å². The lowest BCUT2D eigenvalue weighted by atomic mass is 10.1. The molecule has 0 spiro atoms. The lowest BCUT2D eigenvalue weighted by Crippen LogP contribution is -2.01. The van der Waals surface area contributed by atoms with Crippen LogP contribution in [0.25, 0.3) is 0 Å². The van der Waals surface area contributed by atoms with E-state index >= 15 is 0 Å². The van der Waals surface area contributed by atoms with E-state index < -0.39 is 0 Å². The molecule has 2 aromatic rings. The van der Waals surface area contributed by atoms with E-state index in [2.05, 4.69) is 21.8 Å². The van der Waals surface area contributed by atoms with Crippen molar-refractivity contribution in [1.82, 2.24) is 9.97 Å². The molecule has 3 nitrogen and oxygen atoms in total. The van der Waals surface area contributed by atoms with Crippen LogP contribution in [-0.2, 0) is 6.61 Å². The summed E-state index contributed by atoms with van der Waals surface area (Å²) >= 11 is 5.53. The molecule has 19 heavy (non-hydrogen) atoms. The minimum absolute atomic E-state index is 0.336. The van der Waals surface area contributed by atoms with Gasteiger partial charge in [0.05, 0.1) is 5.88 Å². The largest absolute Gasteiger partial charge is 0.485 e. The summed E-state index contributed by atoms with van der Waals surface area (Å²) in [6.45, 7) is 2.33. The maximum Gasteiger partial charge on any atom is 0.166 e. The van der Waals surface area contributed by atoms with E-state index in [1.54, 1.807) is 18.5 Å². The first kappa shape index (κ1) is 13.4. The highest BCUT2D eigenvalue weighted by Crippen LogP contribution is 2.19. The smallest absolute Gasteiger partial charge is 0.166 e. The first-order valence-electron chi connectivity index (χ1n) is 5.84. The Kier molecular flexibility index (Phi) is 4.77. The Bertz CT molecular complexity index is 603. The highest BCUT2D eigenvalue weighted by Gasteiger charge is 2.02. The van der Waals surface area contributed by atoms with E-state index in [1.165, 1.54) is 0 Å². The second-order valence-corrected chi connectivity index (χ2v) is 4.14. The Morgan fingerprint density at radius 3 is 2.74 bits per heavy atom. The first-order chi connectivity index (χ1) is 9.29. The molecule has 4 heteroatoms. The van der Waals surface area contributed by atoms with Crippen molar-refractivity contribution in [3.8, 4) is 17.6 Å². The Balaban J connectivity index is 2.05. The average molecular weight is 273 g/mol. The zero-order valence-electron chi connectivity index (χ0n) is 10.6. The van der Waals surface area contributed by atoms with Gasteiger partial charge in [0.1, 0.15) is 12.4 Å². The highest BCUT2D eigenvalue weighted by molar-refractivity contribution is 6.19. The minimum atomic E-state index is 0.336. The molecule has 0 N–H and O–H groups in total. The van der Waals surface area contributed by atoms with Crippen LogP contribution < -0.4 is 4.74 Å². The zero-order valence-corrected chi connectivity index (χ0v) is 11.3. The molecule has 0 unspecified atom stereocenters. The predicted molar refractivity (Wildman–Crippen MR) is 75.1 cm³/mol. The third kappa shape index (κ3) is 3.97. The lowest BCUT2D eigenvalue weighted by molar-refractivity contribution is 0.294. The number of rotatable bonds is 3. The van der Waals surface area contributed by atoms with Crippen molar-refractivity contribution in [2.24, 2.45) is 0 Å². The van der Waals surface area contributed by atoms with Crippen molar-refractivity contribution >= 4 is 11.6 Å². The van der Waals surface area contributed by atoms with Crippen LogP contribution in [0, 0.1) is 18.8 Å². The zero-order chi connectivity index (χ0) is 13.5. The average Bonchev–Trinajstić information content (AvgIpc) is 2.45. The predicted octanol–water partition coefficient (Wildman–Crippen LogP) is 2.95. The van der Waals surface area contributed by atoms with Crippen molar-refractivity contribution in [3.63, 3.8) is 0 Å². The molecule has 0 fully saturated rings. The maximum atomic E-state index is 5.68. The summed E-state index contributed by atoms with van der Waals surface area (Å²) in [5.74, 6) is 7.60. The van der Waals surface area contributed by atoms with Crippen LogP contribution in [0.4, 0.5) is 0 Å². The van der Waals surface area contributed by atoms with Gasteiger partial charge in [0.2, 0.25) is 0 Å². The summed E-state index contributed by atoms with van der Waals surface area (Å²) in [6, 6.07) is 7.56. The number of ether oxygens (including phenoxy) is 1. The van der Waals surface area contributed by atoms with Gasteiger partial charge in [-0.05, 0) is 36.8 Å². The van der Waals surface area contributed by atoms with E-state index in [9.17, 15) is 0 Å². The van der Waals surface area contributed by atoms with Gasteiger partial charge in [0.15, 0.2) is 5.82 Å². The van der Waals surface area contributed by atoms with E-state index in [1.807, 2.05) is 25.1 Å². The fourth-order valence-corrected chi connectivity index (χ4v) is 1.64. The number of alkyl halides is 1. The number of hydrogen-bond acceptors (Lipinski definition) is 3. The number of aromatic nitrogens is 2. The number of halogens is 1. The Morgan fingerprint density at radius 2 is 2.05 bits per heavy atom. The molecule has 1 aromatic carbocycles. The normalized spacial score (nSPS) is 9.58. The first-order valence-corrected chi connectivity index (χ1v) is 6.37. The van der Waals surface area contributed by atoms with E-state index in [4.69, 9.17) is 16.3 Å². The molecule has 1 heterocycles. The SMILES string of the molecule is Cc1cc(C#CCCl)ccc1OCc1ncccn1. The van der Waals surface area contributed by atoms with Crippen LogP contribution in [-0.4, -0.2) is 15.8 Å². The van der Waals surface area contributed by atoms with Crippen molar-refractivity contribution in [1.29, 1.82) is 0 Å². The third-order valence-electron chi connectivity index (χ3n) is 2.45. The fraction of sp³-hybridized carbons (Fsp3) is 0.200. The van der Waals surface area contributed by atoms with E-state index in [0.717, 1.165) is 16.9 Å². The molecule has 1 aromatic heterocycles. The summed E-state index contributed by atoms with van der Waals surface area (Å²) in [7, 11) is 0.